The zero-order valence-corrected chi connectivity index (χ0v) is 11.4. The van der Waals surface area contributed by atoms with Gasteiger partial charge in [0.05, 0.1) is 5.69 Å². The van der Waals surface area contributed by atoms with Crippen LogP contribution in [0.25, 0.3) is 0 Å². The summed E-state index contributed by atoms with van der Waals surface area (Å²) in [5.41, 5.74) is 3.89. The van der Waals surface area contributed by atoms with Gasteiger partial charge in [0, 0.05) is 30.1 Å². The number of anilines is 1. The van der Waals surface area contributed by atoms with E-state index in [-0.39, 0.29) is 0 Å². The van der Waals surface area contributed by atoms with Crippen LogP contribution in [-0.4, -0.2) is 24.8 Å². The van der Waals surface area contributed by atoms with Crippen LogP contribution in [0.1, 0.15) is 17.5 Å². The summed E-state index contributed by atoms with van der Waals surface area (Å²) in [7, 11) is 0. The zero-order valence-electron chi connectivity index (χ0n) is 9.83. The van der Waals surface area contributed by atoms with Gasteiger partial charge in [-0.3, -0.25) is 0 Å². The Kier molecular flexibility index (Phi) is 3.55. The van der Waals surface area contributed by atoms with Crippen LogP contribution in [0.3, 0.4) is 0 Å². The highest BCUT2D eigenvalue weighted by molar-refractivity contribution is 9.10. The third-order valence-electron chi connectivity index (χ3n) is 3.26. The Morgan fingerprint density at radius 3 is 2.75 bits per heavy atom. The van der Waals surface area contributed by atoms with E-state index >= 15 is 0 Å². The molecule has 3 heteroatoms. The van der Waals surface area contributed by atoms with E-state index in [0.717, 1.165) is 19.5 Å². The number of halogens is 1. The van der Waals surface area contributed by atoms with E-state index in [1.165, 1.54) is 21.3 Å². The topological polar surface area (TPSA) is 23.5 Å². The number of aliphatic hydroxyl groups excluding tert-OH is 1. The van der Waals surface area contributed by atoms with Crippen molar-refractivity contribution in [2.75, 3.05) is 24.6 Å². The number of benzene rings is 1. The van der Waals surface area contributed by atoms with Crippen molar-refractivity contribution in [3.63, 3.8) is 0 Å². The molecule has 1 aliphatic heterocycles. The second-order valence-corrected chi connectivity index (χ2v) is 5.55. The summed E-state index contributed by atoms with van der Waals surface area (Å²) >= 11 is 3.65. The third-order valence-corrected chi connectivity index (χ3v) is 3.86. The van der Waals surface area contributed by atoms with Crippen molar-refractivity contribution in [2.45, 2.75) is 20.3 Å². The molecule has 1 fully saturated rings. The summed E-state index contributed by atoms with van der Waals surface area (Å²) in [6.07, 6.45) is 1.09. The first-order chi connectivity index (χ1) is 7.61. The Balaban J connectivity index is 2.28. The second kappa shape index (κ2) is 4.76. The molecule has 2 nitrogen and oxygen atoms in total. The van der Waals surface area contributed by atoms with Gasteiger partial charge < -0.3 is 10.0 Å². The fraction of sp³-hybridized carbons (Fsp3) is 0.538. The Morgan fingerprint density at radius 2 is 2.19 bits per heavy atom. The van der Waals surface area contributed by atoms with Crippen LogP contribution in [0.4, 0.5) is 5.69 Å². The van der Waals surface area contributed by atoms with Crippen LogP contribution in [-0.2, 0) is 0 Å². The van der Waals surface area contributed by atoms with Crippen LogP contribution in [0.2, 0.25) is 0 Å². The SMILES string of the molecule is Cc1cc(C)c(N2CCC(CO)C2)c(Br)c1. The van der Waals surface area contributed by atoms with Crippen LogP contribution < -0.4 is 4.90 Å². The summed E-state index contributed by atoms with van der Waals surface area (Å²) in [6.45, 7) is 6.59. The van der Waals surface area contributed by atoms with Gasteiger partial charge in [-0.15, -0.1) is 0 Å². The normalized spacial score (nSPS) is 20.5. The summed E-state index contributed by atoms with van der Waals surface area (Å²) in [6, 6.07) is 4.38. The van der Waals surface area contributed by atoms with Crippen molar-refractivity contribution in [1.82, 2.24) is 0 Å². The van der Waals surface area contributed by atoms with Gasteiger partial charge in [-0.1, -0.05) is 6.07 Å². The minimum absolute atomic E-state index is 0.305. The molecule has 0 saturated carbocycles. The Bertz CT molecular complexity index is 369. The van der Waals surface area contributed by atoms with Crippen molar-refractivity contribution in [2.24, 2.45) is 5.92 Å². The molecule has 0 aliphatic carbocycles. The number of rotatable bonds is 2. The fourth-order valence-corrected chi connectivity index (χ4v) is 3.42. The van der Waals surface area contributed by atoms with Crippen LogP contribution >= 0.6 is 15.9 Å². The van der Waals surface area contributed by atoms with E-state index < -0.39 is 0 Å². The van der Waals surface area contributed by atoms with E-state index in [2.05, 4.69) is 46.8 Å². The van der Waals surface area contributed by atoms with Crippen molar-refractivity contribution in [1.29, 1.82) is 0 Å². The maximum Gasteiger partial charge on any atom is 0.0540 e. The predicted molar refractivity (Wildman–Crippen MR) is 71.0 cm³/mol. The highest BCUT2D eigenvalue weighted by atomic mass is 79.9. The molecule has 0 bridgehead atoms. The molecule has 0 spiro atoms. The van der Waals surface area contributed by atoms with E-state index in [9.17, 15) is 5.11 Å². The molecular weight excluding hydrogens is 266 g/mol. The summed E-state index contributed by atoms with van der Waals surface area (Å²) in [4.78, 5) is 2.37. The van der Waals surface area contributed by atoms with Crippen LogP contribution in [0, 0.1) is 19.8 Å². The average molecular weight is 284 g/mol. The standard InChI is InChI=1S/C13H18BrNO/c1-9-5-10(2)13(12(14)6-9)15-4-3-11(7-15)8-16/h5-6,11,16H,3-4,7-8H2,1-2H3. The van der Waals surface area contributed by atoms with E-state index in [1.54, 1.807) is 0 Å². The molecule has 1 unspecified atom stereocenters. The lowest BCUT2D eigenvalue weighted by Gasteiger charge is -2.23. The second-order valence-electron chi connectivity index (χ2n) is 4.70. The number of nitrogens with zero attached hydrogens (tertiary/aromatic N) is 1. The van der Waals surface area contributed by atoms with Crippen LogP contribution in [0.5, 0.6) is 0 Å². The predicted octanol–water partition coefficient (Wildman–Crippen LogP) is 2.88. The molecule has 16 heavy (non-hydrogen) atoms. The quantitative estimate of drug-likeness (QED) is 0.902. The van der Waals surface area contributed by atoms with Gasteiger partial charge >= 0.3 is 0 Å². The Hall–Kier alpha value is -0.540. The number of hydrogen-bond acceptors (Lipinski definition) is 2. The molecule has 1 atom stereocenters. The molecule has 1 N–H and O–H groups in total. The molecule has 1 saturated heterocycles. The molecule has 0 radical (unpaired) electrons. The Morgan fingerprint density at radius 1 is 1.44 bits per heavy atom. The van der Waals surface area contributed by atoms with Crippen molar-refractivity contribution < 1.29 is 5.11 Å². The molecule has 1 aromatic carbocycles. The molecule has 88 valence electrons. The maximum absolute atomic E-state index is 9.18. The molecule has 2 rings (SSSR count). The van der Waals surface area contributed by atoms with Crippen molar-refractivity contribution >= 4 is 21.6 Å². The van der Waals surface area contributed by atoms with Gasteiger partial charge in [0.1, 0.15) is 0 Å². The van der Waals surface area contributed by atoms with Crippen molar-refractivity contribution in [3.8, 4) is 0 Å². The highest BCUT2D eigenvalue weighted by Crippen LogP contribution is 2.34. The molecule has 1 heterocycles. The third kappa shape index (κ3) is 2.25. The van der Waals surface area contributed by atoms with Gasteiger partial charge in [-0.25, -0.2) is 0 Å². The van der Waals surface area contributed by atoms with Gasteiger partial charge in [0.15, 0.2) is 0 Å². The van der Waals surface area contributed by atoms with E-state index in [0.29, 0.717) is 12.5 Å². The summed E-state index contributed by atoms with van der Waals surface area (Å²) in [5, 5.41) is 9.18. The van der Waals surface area contributed by atoms with Gasteiger partial charge in [-0.05, 0) is 53.4 Å². The van der Waals surface area contributed by atoms with Crippen molar-refractivity contribution in [3.05, 3.63) is 27.7 Å². The number of hydrogen-bond donors (Lipinski definition) is 1. The first-order valence-corrected chi connectivity index (χ1v) is 6.53. The molecular formula is C13H18BrNO. The van der Waals surface area contributed by atoms with E-state index in [4.69, 9.17) is 0 Å². The largest absolute Gasteiger partial charge is 0.396 e. The molecule has 1 aromatic rings. The molecule has 1 aliphatic rings. The lowest BCUT2D eigenvalue weighted by atomic mass is 10.1. The minimum atomic E-state index is 0.305. The first-order valence-electron chi connectivity index (χ1n) is 5.74. The maximum atomic E-state index is 9.18. The van der Waals surface area contributed by atoms with E-state index in [1.807, 2.05) is 0 Å². The van der Waals surface area contributed by atoms with Gasteiger partial charge in [0.2, 0.25) is 0 Å². The lowest BCUT2D eigenvalue weighted by molar-refractivity contribution is 0.238. The Labute approximate surface area is 105 Å². The smallest absolute Gasteiger partial charge is 0.0540 e. The van der Waals surface area contributed by atoms with Crippen LogP contribution in [0.15, 0.2) is 16.6 Å². The average Bonchev–Trinajstić information content (AvgIpc) is 2.64. The highest BCUT2D eigenvalue weighted by Gasteiger charge is 2.24. The first kappa shape index (κ1) is 11.9. The van der Waals surface area contributed by atoms with Gasteiger partial charge in [0.25, 0.3) is 0 Å². The van der Waals surface area contributed by atoms with Gasteiger partial charge in [-0.2, -0.15) is 0 Å². The molecule has 0 aromatic heterocycles. The summed E-state index contributed by atoms with van der Waals surface area (Å²) in [5.74, 6) is 0.438. The lowest BCUT2D eigenvalue weighted by Crippen LogP contribution is -2.22. The number of aliphatic hydroxyl groups is 1. The zero-order chi connectivity index (χ0) is 11.7. The fourth-order valence-electron chi connectivity index (χ4n) is 2.49. The monoisotopic (exact) mass is 283 g/mol. The minimum Gasteiger partial charge on any atom is -0.396 e. The number of aryl methyl sites for hydroxylation is 2. The summed E-state index contributed by atoms with van der Waals surface area (Å²) < 4.78 is 1.17. The molecule has 0 amide bonds.